The minimum atomic E-state index is -0.965. The van der Waals surface area contributed by atoms with Crippen LogP contribution in [-0.4, -0.2) is 22.8 Å². The minimum absolute atomic E-state index is 0.124. The van der Waals surface area contributed by atoms with Crippen LogP contribution < -0.4 is 5.84 Å². The Bertz CT molecular complexity index is 422. The van der Waals surface area contributed by atoms with Crippen molar-refractivity contribution in [3.05, 3.63) is 41.1 Å². The molecular formula is C10H12N4O. The third-order valence-corrected chi connectivity index (χ3v) is 2.35. The first-order valence-corrected chi connectivity index (χ1v) is 4.64. The molecule has 0 bridgehead atoms. The molecule has 0 radical (unpaired) electrons. The van der Waals surface area contributed by atoms with Crippen LogP contribution in [0.15, 0.2) is 40.5 Å². The van der Waals surface area contributed by atoms with Crippen LogP contribution in [0.2, 0.25) is 0 Å². The summed E-state index contributed by atoms with van der Waals surface area (Å²) in [6.45, 7) is 1.71. The first-order chi connectivity index (χ1) is 7.09. The topological polar surface area (TPSA) is 73.8 Å². The molecule has 0 aliphatic carbocycles. The highest BCUT2D eigenvalue weighted by Gasteiger charge is 2.24. The second kappa shape index (κ2) is 3.54. The molecule has 1 unspecified atom stereocenters. The van der Waals surface area contributed by atoms with Gasteiger partial charge in [0.1, 0.15) is 12.3 Å². The van der Waals surface area contributed by atoms with Gasteiger partial charge in [-0.25, -0.2) is 4.76 Å². The van der Waals surface area contributed by atoms with Crippen molar-refractivity contribution in [2.45, 2.75) is 6.92 Å². The third kappa shape index (κ3) is 1.94. The fourth-order valence-electron chi connectivity index (χ4n) is 1.36. The van der Waals surface area contributed by atoms with E-state index in [0.717, 1.165) is 5.56 Å². The zero-order chi connectivity index (χ0) is 10.9. The van der Waals surface area contributed by atoms with E-state index in [1.54, 1.807) is 6.92 Å². The van der Waals surface area contributed by atoms with Crippen molar-refractivity contribution in [1.82, 2.24) is 0 Å². The van der Waals surface area contributed by atoms with Crippen molar-refractivity contribution in [2.24, 2.45) is 16.0 Å². The van der Waals surface area contributed by atoms with Gasteiger partial charge in [0.2, 0.25) is 5.84 Å². The van der Waals surface area contributed by atoms with E-state index in [2.05, 4.69) is 10.2 Å². The summed E-state index contributed by atoms with van der Waals surface area (Å²) in [7, 11) is 0. The van der Waals surface area contributed by atoms with Crippen LogP contribution in [0, 0.1) is 5.21 Å². The number of hydrogen-bond donors (Lipinski definition) is 1. The molecule has 0 aromatic heterocycles. The smallest absolute Gasteiger partial charge is 0.238 e. The van der Waals surface area contributed by atoms with Crippen LogP contribution in [0.1, 0.15) is 12.5 Å². The summed E-state index contributed by atoms with van der Waals surface area (Å²) < 4.78 is -0.965. The lowest BCUT2D eigenvalue weighted by atomic mass is 10.1. The molecule has 0 saturated carbocycles. The summed E-state index contributed by atoms with van der Waals surface area (Å²) in [6.07, 6.45) is 0. The number of nitrogens with zero attached hydrogens (tertiary/aromatic N) is 3. The summed E-state index contributed by atoms with van der Waals surface area (Å²) in [5.74, 6) is 5.79. The van der Waals surface area contributed by atoms with Crippen molar-refractivity contribution in [3.63, 3.8) is 0 Å². The van der Waals surface area contributed by atoms with Gasteiger partial charge in [0, 0.05) is 12.5 Å². The second-order valence-electron chi connectivity index (χ2n) is 3.51. The Hall–Kier alpha value is -1.56. The van der Waals surface area contributed by atoms with E-state index in [1.165, 1.54) is 0 Å². The fourth-order valence-corrected chi connectivity index (χ4v) is 1.36. The lowest BCUT2D eigenvalue weighted by Gasteiger charge is -2.36. The van der Waals surface area contributed by atoms with Crippen LogP contribution in [-0.2, 0) is 0 Å². The SMILES string of the molecule is CC1=NN=C(c2ccccc2)C[N+]1(N)[O-]. The summed E-state index contributed by atoms with van der Waals surface area (Å²) in [4.78, 5) is 0. The van der Waals surface area contributed by atoms with Crippen molar-refractivity contribution in [1.29, 1.82) is 0 Å². The average Bonchev–Trinajstić information content (AvgIpc) is 2.23. The van der Waals surface area contributed by atoms with E-state index < -0.39 is 4.76 Å². The summed E-state index contributed by atoms with van der Waals surface area (Å²) >= 11 is 0. The lowest BCUT2D eigenvalue weighted by Crippen LogP contribution is -2.56. The standard InChI is InChI=1S/C10H12N4O/c1-8-12-13-10(7-14(8,11)15)9-5-3-2-4-6-9/h2-6H,7,11H2,1H3. The predicted molar refractivity (Wildman–Crippen MR) is 58.8 cm³/mol. The van der Waals surface area contributed by atoms with Gasteiger partial charge in [-0.1, -0.05) is 35.4 Å². The van der Waals surface area contributed by atoms with Crippen molar-refractivity contribution >= 4 is 11.5 Å². The number of amidine groups is 1. The van der Waals surface area contributed by atoms with Crippen LogP contribution >= 0.6 is 0 Å². The zero-order valence-corrected chi connectivity index (χ0v) is 8.42. The van der Waals surface area contributed by atoms with Crippen LogP contribution in [0.3, 0.4) is 0 Å². The number of rotatable bonds is 1. The molecule has 2 N–H and O–H groups in total. The summed E-state index contributed by atoms with van der Waals surface area (Å²) in [5, 5.41) is 19.5. The molecule has 0 spiro atoms. The first-order valence-electron chi connectivity index (χ1n) is 4.64. The third-order valence-electron chi connectivity index (χ3n) is 2.35. The van der Waals surface area contributed by atoms with E-state index in [1.807, 2.05) is 30.3 Å². The van der Waals surface area contributed by atoms with Crippen molar-refractivity contribution in [3.8, 4) is 0 Å². The number of quaternary nitrogens is 1. The Morgan fingerprint density at radius 1 is 1.27 bits per heavy atom. The van der Waals surface area contributed by atoms with E-state index in [4.69, 9.17) is 5.84 Å². The number of hydrogen-bond acceptors (Lipinski definition) is 4. The molecule has 0 amide bonds. The molecule has 1 aliphatic rings. The molecule has 1 atom stereocenters. The maximum Gasteiger partial charge on any atom is 0.238 e. The van der Waals surface area contributed by atoms with Gasteiger partial charge in [-0.2, -0.15) is 5.84 Å². The summed E-state index contributed by atoms with van der Waals surface area (Å²) in [5.41, 5.74) is 1.51. The Balaban J connectivity index is 2.35. The number of benzene rings is 1. The largest absolute Gasteiger partial charge is 0.605 e. The maximum absolute atomic E-state index is 11.7. The van der Waals surface area contributed by atoms with Crippen molar-refractivity contribution in [2.75, 3.05) is 6.54 Å². The number of hydroxylamine groups is 2. The predicted octanol–water partition coefficient (Wildman–Crippen LogP) is 1.01. The molecule has 78 valence electrons. The van der Waals surface area contributed by atoms with Gasteiger partial charge >= 0.3 is 0 Å². The Morgan fingerprint density at radius 3 is 2.53 bits per heavy atom. The van der Waals surface area contributed by atoms with Gasteiger partial charge in [-0.15, -0.1) is 5.10 Å². The van der Waals surface area contributed by atoms with Gasteiger partial charge in [0.15, 0.2) is 0 Å². The molecule has 0 fully saturated rings. The zero-order valence-electron chi connectivity index (χ0n) is 8.42. The Kier molecular flexibility index (Phi) is 2.36. The molecular weight excluding hydrogens is 192 g/mol. The average molecular weight is 204 g/mol. The first kappa shape index (κ1) is 9.97. The molecule has 1 aromatic carbocycles. The molecule has 1 aliphatic heterocycles. The molecule has 1 heterocycles. The Morgan fingerprint density at radius 2 is 1.93 bits per heavy atom. The van der Waals surface area contributed by atoms with Gasteiger partial charge in [0.25, 0.3) is 0 Å². The van der Waals surface area contributed by atoms with E-state index in [0.29, 0.717) is 5.71 Å². The van der Waals surface area contributed by atoms with Gasteiger partial charge in [-0.3, -0.25) is 0 Å². The quantitative estimate of drug-likeness (QED) is 0.421. The monoisotopic (exact) mass is 204 g/mol. The van der Waals surface area contributed by atoms with Crippen LogP contribution in [0.4, 0.5) is 0 Å². The highest BCUT2D eigenvalue weighted by molar-refractivity contribution is 6.03. The Labute approximate surface area is 87.7 Å². The van der Waals surface area contributed by atoms with Gasteiger partial charge in [-0.05, 0) is 0 Å². The molecule has 0 saturated heterocycles. The minimum Gasteiger partial charge on any atom is -0.605 e. The highest BCUT2D eigenvalue weighted by atomic mass is 16.6. The van der Waals surface area contributed by atoms with Crippen LogP contribution in [0.25, 0.3) is 0 Å². The normalized spacial score (nSPS) is 25.8. The summed E-state index contributed by atoms with van der Waals surface area (Å²) in [6, 6.07) is 9.45. The fraction of sp³-hybridized carbons (Fsp3) is 0.200. The molecule has 5 heteroatoms. The lowest BCUT2D eigenvalue weighted by molar-refractivity contribution is -0.793. The van der Waals surface area contributed by atoms with Crippen LogP contribution in [0.5, 0.6) is 0 Å². The molecule has 15 heavy (non-hydrogen) atoms. The van der Waals surface area contributed by atoms with Gasteiger partial charge < -0.3 is 5.21 Å². The number of nitrogens with two attached hydrogens (primary N) is 1. The molecule has 1 aromatic rings. The molecule has 5 nitrogen and oxygen atoms in total. The maximum atomic E-state index is 11.7. The van der Waals surface area contributed by atoms with Gasteiger partial charge in [0.05, 0.1) is 0 Å². The van der Waals surface area contributed by atoms with Crippen molar-refractivity contribution < 1.29 is 4.76 Å². The second-order valence-corrected chi connectivity index (χ2v) is 3.51. The van der Waals surface area contributed by atoms with E-state index >= 15 is 0 Å². The highest BCUT2D eigenvalue weighted by Crippen LogP contribution is 2.11. The molecule has 2 rings (SSSR count). The van der Waals surface area contributed by atoms with E-state index in [-0.39, 0.29) is 12.4 Å². The van der Waals surface area contributed by atoms with E-state index in [9.17, 15) is 5.21 Å².